The van der Waals surface area contributed by atoms with Crippen LogP contribution in [0.3, 0.4) is 0 Å². The van der Waals surface area contributed by atoms with Gasteiger partial charge in [-0.1, -0.05) is 15.9 Å². The van der Waals surface area contributed by atoms with Crippen molar-refractivity contribution in [1.82, 2.24) is 5.32 Å². The van der Waals surface area contributed by atoms with E-state index in [2.05, 4.69) is 21.2 Å². The maximum absolute atomic E-state index is 11.6. The smallest absolute Gasteiger partial charge is 0.251 e. The Balaban J connectivity index is 2.64. The highest BCUT2D eigenvalue weighted by atomic mass is 79.9. The van der Waals surface area contributed by atoms with E-state index in [-0.39, 0.29) is 12.3 Å². The summed E-state index contributed by atoms with van der Waals surface area (Å²) in [7, 11) is -3.57. The van der Waals surface area contributed by atoms with Gasteiger partial charge < -0.3 is 11.1 Å². The van der Waals surface area contributed by atoms with Crippen LogP contribution in [0.5, 0.6) is 0 Å². The second kappa shape index (κ2) is 5.48. The Hall–Kier alpha value is -1.12. The van der Waals surface area contributed by atoms with Crippen molar-refractivity contribution in [3.05, 3.63) is 28.2 Å². The van der Waals surface area contributed by atoms with Crippen LogP contribution in [0.25, 0.3) is 0 Å². The van der Waals surface area contributed by atoms with E-state index >= 15 is 0 Å². The van der Waals surface area contributed by atoms with Crippen molar-refractivity contribution in [3.63, 3.8) is 0 Å². The summed E-state index contributed by atoms with van der Waals surface area (Å²) >= 11 is 3.21. The summed E-state index contributed by atoms with van der Waals surface area (Å²) in [6.45, 7) is -0.0376. The maximum Gasteiger partial charge on any atom is 0.251 e. The summed E-state index contributed by atoms with van der Waals surface area (Å²) in [5.74, 6) is -0.705. The molecule has 1 aromatic rings. The lowest BCUT2D eigenvalue weighted by molar-refractivity contribution is 0.0956. The summed E-state index contributed by atoms with van der Waals surface area (Å²) in [6, 6.07) is 4.74. The van der Waals surface area contributed by atoms with Crippen molar-refractivity contribution in [2.75, 3.05) is 18.0 Å². The second-order valence-corrected chi connectivity index (χ2v) is 6.05. The third-order valence-electron chi connectivity index (χ3n) is 1.85. The van der Waals surface area contributed by atoms with Gasteiger partial charge in [-0.05, 0) is 18.2 Å². The molecule has 0 heterocycles. The van der Waals surface area contributed by atoms with Crippen LogP contribution < -0.4 is 16.2 Å². The first-order chi connectivity index (χ1) is 7.78. The minimum Gasteiger partial charge on any atom is -0.399 e. The zero-order chi connectivity index (χ0) is 13.1. The van der Waals surface area contributed by atoms with Crippen molar-refractivity contribution in [3.8, 4) is 0 Å². The molecule has 0 aliphatic heterocycles. The highest BCUT2D eigenvalue weighted by Crippen LogP contribution is 2.17. The Morgan fingerprint density at radius 1 is 1.35 bits per heavy atom. The molecular weight excluding hydrogens is 310 g/mol. The minimum atomic E-state index is -3.57. The molecule has 8 heteroatoms. The monoisotopic (exact) mass is 321 g/mol. The first-order valence-corrected chi connectivity index (χ1v) is 7.13. The molecule has 0 unspecified atom stereocenters. The summed E-state index contributed by atoms with van der Waals surface area (Å²) in [6.07, 6.45) is 0. The molecule has 0 fully saturated rings. The number of amides is 1. The molecule has 1 amide bonds. The molecule has 6 nitrogen and oxygen atoms in total. The number of sulfonamides is 1. The molecule has 1 aromatic carbocycles. The van der Waals surface area contributed by atoms with Crippen molar-refractivity contribution in [2.45, 2.75) is 0 Å². The van der Waals surface area contributed by atoms with Crippen LogP contribution in [0.2, 0.25) is 0 Å². The highest BCUT2D eigenvalue weighted by molar-refractivity contribution is 9.10. The molecule has 0 saturated carbocycles. The Kier molecular flexibility index (Phi) is 4.49. The average Bonchev–Trinajstić information content (AvgIpc) is 2.13. The van der Waals surface area contributed by atoms with Crippen molar-refractivity contribution in [1.29, 1.82) is 0 Å². The number of primary sulfonamides is 1. The molecule has 0 spiro atoms. The molecule has 0 bridgehead atoms. The largest absolute Gasteiger partial charge is 0.399 e. The molecule has 0 aliphatic carbocycles. The van der Waals surface area contributed by atoms with Gasteiger partial charge in [0.15, 0.2) is 0 Å². The summed E-state index contributed by atoms with van der Waals surface area (Å²) in [5.41, 5.74) is 6.36. The van der Waals surface area contributed by atoms with Crippen LogP contribution in [0.1, 0.15) is 10.4 Å². The van der Waals surface area contributed by atoms with Gasteiger partial charge >= 0.3 is 0 Å². The molecule has 0 atom stereocenters. The number of nitrogens with one attached hydrogen (secondary N) is 1. The van der Waals surface area contributed by atoms with E-state index < -0.39 is 15.9 Å². The highest BCUT2D eigenvalue weighted by Gasteiger charge is 2.08. The van der Waals surface area contributed by atoms with Gasteiger partial charge in [-0.2, -0.15) is 0 Å². The van der Waals surface area contributed by atoms with Gasteiger partial charge in [0, 0.05) is 22.3 Å². The van der Waals surface area contributed by atoms with Crippen LogP contribution in [0, 0.1) is 0 Å². The summed E-state index contributed by atoms with van der Waals surface area (Å²) < 4.78 is 22.0. The van der Waals surface area contributed by atoms with Crippen LogP contribution >= 0.6 is 15.9 Å². The van der Waals surface area contributed by atoms with Gasteiger partial charge in [0.1, 0.15) is 0 Å². The van der Waals surface area contributed by atoms with Crippen molar-refractivity contribution in [2.24, 2.45) is 5.14 Å². The van der Waals surface area contributed by atoms with Crippen LogP contribution in [-0.2, 0) is 10.0 Å². The zero-order valence-corrected chi connectivity index (χ0v) is 11.2. The first-order valence-electron chi connectivity index (χ1n) is 4.63. The SMILES string of the molecule is Nc1cc(Br)cc(C(=O)NCCS(N)(=O)=O)c1. The molecule has 0 saturated heterocycles. The maximum atomic E-state index is 11.6. The lowest BCUT2D eigenvalue weighted by Gasteiger charge is -2.05. The normalized spacial score (nSPS) is 11.2. The number of nitrogen functional groups attached to an aromatic ring is 1. The molecule has 17 heavy (non-hydrogen) atoms. The summed E-state index contributed by atoms with van der Waals surface area (Å²) in [5, 5.41) is 7.24. The predicted octanol–water partition coefficient (Wildman–Crippen LogP) is 0.0496. The van der Waals surface area contributed by atoms with Gasteiger partial charge in [0.25, 0.3) is 5.91 Å². The number of anilines is 1. The predicted molar refractivity (Wildman–Crippen MR) is 68.9 cm³/mol. The van der Waals surface area contributed by atoms with Gasteiger partial charge in [-0.3, -0.25) is 4.79 Å². The fourth-order valence-corrected chi connectivity index (χ4v) is 2.05. The van der Waals surface area contributed by atoms with E-state index in [1.165, 1.54) is 6.07 Å². The molecular formula is C9H12BrN3O3S. The topological polar surface area (TPSA) is 115 Å². The average molecular weight is 322 g/mol. The number of nitrogens with two attached hydrogens (primary N) is 2. The number of hydrogen-bond acceptors (Lipinski definition) is 4. The molecule has 0 radical (unpaired) electrons. The van der Waals surface area contributed by atoms with Gasteiger partial charge in [-0.25, -0.2) is 13.6 Å². The minimum absolute atomic E-state index is 0.0376. The molecule has 0 aromatic heterocycles. The van der Waals surface area contributed by atoms with Crippen LogP contribution in [0.4, 0.5) is 5.69 Å². The van der Waals surface area contributed by atoms with Gasteiger partial charge in [0.05, 0.1) is 5.75 Å². The third kappa shape index (κ3) is 5.16. The van der Waals surface area contributed by atoms with E-state index in [9.17, 15) is 13.2 Å². The lowest BCUT2D eigenvalue weighted by atomic mass is 10.2. The van der Waals surface area contributed by atoms with Gasteiger partial charge in [-0.15, -0.1) is 0 Å². The lowest BCUT2D eigenvalue weighted by Crippen LogP contribution is -2.31. The van der Waals surface area contributed by atoms with Gasteiger partial charge in [0.2, 0.25) is 10.0 Å². The fourth-order valence-electron chi connectivity index (χ4n) is 1.15. The molecule has 94 valence electrons. The second-order valence-electron chi connectivity index (χ2n) is 3.40. The quantitative estimate of drug-likeness (QED) is 0.679. The molecule has 1 rings (SSSR count). The van der Waals surface area contributed by atoms with Crippen molar-refractivity contribution >= 4 is 37.5 Å². The van der Waals surface area contributed by atoms with E-state index in [4.69, 9.17) is 10.9 Å². The Morgan fingerprint density at radius 2 is 2.00 bits per heavy atom. The van der Waals surface area contributed by atoms with E-state index in [0.717, 1.165) is 0 Å². The fraction of sp³-hybridized carbons (Fsp3) is 0.222. The Morgan fingerprint density at radius 3 is 2.53 bits per heavy atom. The Labute approximate surface area is 108 Å². The number of carbonyl (C=O) groups excluding carboxylic acids is 1. The van der Waals surface area contributed by atoms with E-state index in [1.807, 2.05) is 0 Å². The number of benzene rings is 1. The number of halogens is 1. The zero-order valence-electron chi connectivity index (χ0n) is 8.81. The van der Waals surface area contributed by atoms with Crippen molar-refractivity contribution < 1.29 is 13.2 Å². The van der Waals surface area contributed by atoms with E-state index in [0.29, 0.717) is 15.7 Å². The molecule has 5 N–H and O–H groups in total. The van der Waals surface area contributed by atoms with Crippen LogP contribution in [-0.4, -0.2) is 26.6 Å². The Bertz CT molecular complexity index is 510. The number of hydrogen-bond donors (Lipinski definition) is 3. The third-order valence-corrected chi connectivity index (χ3v) is 3.09. The first kappa shape index (κ1) is 13.9. The van der Waals surface area contributed by atoms with Crippen LogP contribution in [0.15, 0.2) is 22.7 Å². The summed E-state index contributed by atoms with van der Waals surface area (Å²) in [4.78, 5) is 11.6. The van der Waals surface area contributed by atoms with E-state index in [1.54, 1.807) is 12.1 Å². The standard InChI is InChI=1S/C9H12BrN3O3S/c10-7-3-6(4-8(11)5-7)9(14)13-1-2-17(12,15)16/h3-5H,1-2,11H2,(H,13,14)(H2,12,15,16). The number of carbonyl (C=O) groups is 1. The molecule has 0 aliphatic rings. The number of rotatable bonds is 4.